The van der Waals surface area contributed by atoms with Crippen molar-refractivity contribution in [2.24, 2.45) is 5.92 Å². The molecular formula is C78H152O17P2. The SMILES string of the molecule is CCCCCCCCCCCCCCCCCCC(=O)OC[C@H](COP(=O)(O)OC[C@@H](O)COP(=O)(O)OC[C@@H](COC(=O)CCCCCCCCCCCCC)OC(=O)CCCCCCCCCCCCCC)OC(=O)CCCCCCCCCCCCCCCCCC(C)C. The minimum absolute atomic E-state index is 0.108. The molecule has 17 nitrogen and oxygen atoms in total. The van der Waals surface area contributed by atoms with E-state index in [-0.39, 0.29) is 25.7 Å². The number of phosphoric acid groups is 2. The molecule has 97 heavy (non-hydrogen) atoms. The summed E-state index contributed by atoms with van der Waals surface area (Å²) in [7, 11) is -9.91. The Morgan fingerprint density at radius 1 is 0.278 bits per heavy atom. The van der Waals surface area contributed by atoms with Gasteiger partial charge in [0, 0.05) is 25.7 Å². The van der Waals surface area contributed by atoms with Crippen molar-refractivity contribution in [3.8, 4) is 0 Å². The molecule has 0 bridgehead atoms. The van der Waals surface area contributed by atoms with Gasteiger partial charge in [-0.1, -0.05) is 362 Å². The zero-order valence-electron chi connectivity index (χ0n) is 63.2. The molecule has 0 radical (unpaired) electrons. The van der Waals surface area contributed by atoms with Crippen LogP contribution in [-0.2, 0) is 65.4 Å². The molecule has 0 aromatic rings. The third-order valence-corrected chi connectivity index (χ3v) is 20.2. The molecule has 0 saturated heterocycles. The van der Waals surface area contributed by atoms with E-state index in [1.165, 1.54) is 238 Å². The van der Waals surface area contributed by atoms with E-state index in [0.717, 1.165) is 95.8 Å². The predicted octanol–water partition coefficient (Wildman–Crippen LogP) is 23.3. The van der Waals surface area contributed by atoms with E-state index in [4.69, 9.17) is 37.0 Å². The summed E-state index contributed by atoms with van der Waals surface area (Å²) in [5.74, 6) is -1.31. The fourth-order valence-corrected chi connectivity index (χ4v) is 13.6. The van der Waals surface area contributed by atoms with Gasteiger partial charge in [0.05, 0.1) is 26.4 Å². The summed E-state index contributed by atoms with van der Waals surface area (Å²) in [6, 6.07) is 0. The normalized spacial score (nSPS) is 13.9. The summed E-state index contributed by atoms with van der Waals surface area (Å²) in [5, 5.41) is 10.6. The van der Waals surface area contributed by atoms with Crippen LogP contribution in [0.4, 0.5) is 0 Å². The van der Waals surface area contributed by atoms with Gasteiger partial charge >= 0.3 is 39.5 Å². The molecule has 0 aliphatic rings. The Morgan fingerprint density at radius 3 is 0.701 bits per heavy atom. The van der Waals surface area contributed by atoms with Crippen LogP contribution in [0.1, 0.15) is 413 Å². The number of aliphatic hydroxyl groups is 1. The van der Waals surface area contributed by atoms with Crippen molar-refractivity contribution in [3.05, 3.63) is 0 Å². The summed E-state index contributed by atoms with van der Waals surface area (Å²) in [6.07, 6.45) is 60.9. The Balaban J connectivity index is 5.24. The molecule has 0 rings (SSSR count). The van der Waals surface area contributed by atoms with Gasteiger partial charge in [0.15, 0.2) is 12.2 Å². The predicted molar refractivity (Wildman–Crippen MR) is 395 cm³/mol. The lowest BCUT2D eigenvalue weighted by atomic mass is 10.0. The smallest absolute Gasteiger partial charge is 0.462 e. The van der Waals surface area contributed by atoms with Crippen molar-refractivity contribution in [2.45, 2.75) is 432 Å². The Kier molecular flexibility index (Phi) is 69.6. The molecule has 0 amide bonds. The lowest BCUT2D eigenvalue weighted by Crippen LogP contribution is -2.30. The van der Waals surface area contributed by atoms with E-state index >= 15 is 0 Å². The minimum Gasteiger partial charge on any atom is -0.462 e. The van der Waals surface area contributed by atoms with Crippen LogP contribution in [-0.4, -0.2) is 96.7 Å². The van der Waals surface area contributed by atoms with Crippen LogP contribution in [0, 0.1) is 5.92 Å². The van der Waals surface area contributed by atoms with Crippen LogP contribution in [0.5, 0.6) is 0 Å². The first-order valence-electron chi connectivity index (χ1n) is 40.6. The van der Waals surface area contributed by atoms with Crippen LogP contribution in [0.15, 0.2) is 0 Å². The average Bonchev–Trinajstić information content (AvgIpc) is 1.44. The second kappa shape index (κ2) is 71.1. The van der Waals surface area contributed by atoms with Crippen LogP contribution in [0.3, 0.4) is 0 Å². The fraction of sp³-hybridized carbons (Fsp3) is 0.949. The summed E-state index contributed by atoms with van der Waals surface area (Å²) < 4.78 is 68.6. The minimum atomic E-state index is -4.96. The first kappa shape index (κ1) is 95.1. The van der Waals surface area contributed by atoms with Crippen molar-refractivity contribution in [3.63, 3.8) is 0 Å². The van der Waals surface area contributed by atoms with E-state index in [1.807, 2.05) is 0 Å². The van der Waals surface area contributed by atoms with E-state index in [0.29, 0.717) is 25.7 Å². The molecule has 0 aromatic carbocycles. The van der Waals surface area contributed by atoms with Gasteiger partial charge < -0.3 is 33.8 Å². The second-order valence-corrected chi connectivity index (χ2v) is 31.5. The Bertz CT molecular complexity index is 1860. The molecule has 3 N–H and O–H groups in total. The number of ether oxygens (including phenoxy) is 4. The number of carbonyl (C=O) groups excluding carboxylic acids is 4. The maximum absolute atomic E-state index is 13.1. The topological polar surface area (TPSA) is 237 Å². The molecule has 2 unspecified atom stereocenters. The molecule has 0 heterocycles. The molecule has 576 valence electrons. The quantitative estimate of drug-likeness (QED) is 0.0222. The third-order valence-electron chi connectivity index (χ3n) is 18.3. The van der Waals surface area contributed by atoms with E-state index in [2.05, 4.69) is 34.6 Å². The highest BCUT2D eigenvalue weighted by atomic mass is 31.2. The van der Waals surface area contributed by atoms with Crippen molar-refractivity contribution in [1.82, 2.24) is 0 Å². The van der Waals surface area contributed by atoms with Gasteiger partial charge in [0.25, 0.3) is 0 Å². The standard InChI is InChI=1S/C78H152O17P2/c1-6-9-12-15-18-21-24-26-27-30-33-38-42-47-52-57-62-76(81)89-68-74(95-78(83)64-59-54-49-44-39-34-31-28-29-32-36-40-45-50-55-60-71(4)5)70-93-97(86,87)91-66-72(79)65-90-96(84,85)92-69-73(67-88-75(80)61-56-51-46-41-35-23-20-17-14-11-8-3)94-77(82)63-58-53-48-43-37-25-22-19-16-13-10-7-2/h71-74,79H,6-70H2,1-5H3,(H,84,85)(H,86,87)/t72-,73+,74+/m0/s1. The number of carbonyl (C=O) groups is 4. The fourth-order valence-electron chi connectivity index (χ4n) is 12.1. The number of hydrogen-bond acceptors (Lipinski definition) is 15. The number of hydrogen-bond donors (Lipinski definition) is 3. The van der Waals surface area contributed by atoms with E-state index in [9.17, 15) is 43.2 Å². The Hall–Kier alpha value is -1.94. The summed E-state index contributed by atoms with van der Waals surface area (Å²) in [5.41, 5.74) is 0. The molecule has 0 fully saturated rings. The van der Waals surface area contributed by atoms with E-state index < -0.39 is 97.5 Å². The van der Waals surface area contributed by atoms with Crippen LogP contribution < -0.4 is 0 Å². The number of aliphatic hydroxyl groups excluding tert-OH is 1. The summed E-state index contributed by atoms with van der Waals surface area (Å²) in [6.45, 7) is 7.34. The first-order valence-corrected chi connectivity index (χ1v) is 43.6. The number of unbranched alkanes of at least 4 members (excludes halogenated alkanes) is 50. The van der Waals surface area contributed by atoms with Gasteiger partial charge in [-0.3, -0.25) is 37.3 Å². The lowest BCUT2D eigenvalue weighted by molar-refractivity contribution is -0.161. The number of rotatable bonds is 78. The first-order chi connectivity index (χ1) is 47.0. The van der Waals surface area contributed by atoms with Crippen LogP contribution >= 0.6 is 15.6 Å². The van der Waals surface area contributed by atoms with Crippen LogP contribution in [0.25, 0.3) is 0 Å². The lowest BCUT2D eigenvalue weighted by Gasteiger charge is -2.21. The molecule has 19 heteroatoms. The maximum Gasteiger partial charge on any atom is 0.472 e. The number of phosphoric ester groups is 2. The van der Waals surface area contributed by atoms with Gasteiger partial charge in [-0.05, 0) is 31.6 Å². The van der Waals surface area contributed by atoms with Gasteiger partial charge in [0.2, 0.25) is 0 Å². The van der Waals surface area contributed by atoms with Crippen molar-refractivity contribution in [1.29, 1.82) is 0 Å². The van der Waals surface area contributed by atoms with Crippen molar-refractivity contribution in [2.75, 3.05) is 39.6 Å². The van der Waals surface area contributed by atoms with Crippen molar-refractivity contribution < 1.29 is 80.2 Å². The molecule has 0 spiro atoms. The van der Waals surface area contributed by atoms with Gasteiger partial charge in [-0.2, -0.15) is 0 Å². The highest BCUT2D eigenvalue weighted by molar-refractivity contribution is 7.47. The van der Waals surface area contributed by atoms with Crippen molar-refractivity contribution >= 4 is 39.5 Å². The zero-order chi connectivity index (χ0) is 71.2. The van der Waals surface area contributed by atoms with Gasteiger partial charge in [0.1, 0.15) is 19.3 Å². The molecule has 0 aliphatic heterocycles. The summed E-state index contributed by atoms with van der Waals surface area (Å²) >= 11 is 0. The van der Waals surface area contributed by atoms with E-state index in [1.54, 1.807) is 0 Å². The highest BCUT2D eigenvalue weighted by Crippen LogP contribution is 2.45. The Morgan fingerprint density at radius 2 is 0.474 bits per heavy atom. The molecule has 5 atom stereocenters. The molecule has 0 aliphatic carbocycles. The average molecular weight is 1420 g/mol. The summed E-state index contributed by atoms with van der Waals surface area (Å²) in [4.78, 5) is 72.9. The van der Waals surface area contributed by atoms with Crippen LogP contribution in [0.2, 0.25) is 0 Å². The second-order valence-electron chi connectivity index (χ2n) is 28.6. The molecule has 0 aromatic heterocycles. The molecule has 0 saturated carbocycles. The molecular weight excluding hydrogens is 1270 g/mol. The highest BCUT2D eigenvalue weighted by Gasteiger charge is 2.30. The largest absolute Gasteiger partial charge is 0.472 e. The monoisotopic (exact) mass is 1420 g/mol. The van der Waals surface area contributed by atoms with Gasteiger partial charge in [-0.25, -0.2) is 9.13 Å². The zero-order valence-corrected chi connectivity index (χ0v) is 65.0. The maximum atomic E-state index is 13.1. The Labute approximate surface area is 594 Å². The third kappa shape index (κ3) is 72.2. The van der Waals surface area contributed by atoms with Gasteiger partial charge in [-0.15, -0.1) is 0 Å². The number of esters is 4.